The predicted molar refractivity (Wildman–Crippen MR) is 58.1 cm³/mol. The van der Waals surface area contributed by atoms with Crippen LogP contribution in [0, 0.1) is 0 Å². The lowest BCUT2D eigenvalue weighted by Crippen LogP contribution is -2.17. The fraction of sp³-hybridized carbons (Fsp3) is 0.333. The number of esters is 2. The molecule has 16 heavy (non-hydrogen) atoms. The van der Waals surface area contributed by atoms with Gasteiger partial charge < -0.3 is 9.47 Å². The zero-order valence-electron chi connectivity index (χ0n) is 9.36. The van der Waals surface area contributed by atoms with E-state index in [1.54, 1.807) is 12.1 Å². The maximum Gasteiger partial charge on any atom is 0.349 e. The largest absolute Gasteiger partial charge is 0.454 e. The van der Waals surface area contributed by atoms with Gasteiger partial charge >= 0.3 is 11.9 Å². The summed E-state index contributed by atoms with van der Waals surface area (Å²) in [6.45, 7) is 2.90. The van der Waals surface area contributed by atoms with Crippen LogP contribution in [-0.4, -0.2) is 18.5 Å². The molecule has 0 atom stereocenters. The van der Waals surface area contributed by atoms with E-state index in [1.165, 1.54) is 6.92 Å². The van der Waals surface area contributed by atoms with Gasteiger partial charge in [0.25, 0.3) is 0 Å². The van der Waals surface area contributed by atoms with Crippen LogP contribution in [0.15, 0.2) is 24.3 Å². The molecule has 1 aromatic rings. The summed E-state index contributed by atoms with van der Waals surface area (Å²) in [6.07, 6.45) is 0.870. The maximum atomic E-state index is 11.2. The van der Waals surface area contributed by atoms with Gasteiger partial charge in [0.15, 0.2) is 6.61 Å². The molecule has 4 heteroatoms. The lowest BCUT2D eigenvalue weighted by molar-refractivity contribution is -0.152. The first-order valence-electron chi connectivity index (χ1n) is 5.04. The number of aryl methyl sites for hydroxylation is 1. The van der Waals surface area contributed by atoms with Crippen LogP contribution >= 0.6 is 0 Å². The first-order chi connectivity index (χ1) is 7.61. The van der Waals surface area contributed by atoms with Crippen LogP contribution < -0.4 is 4.74 Å². The number of carbonyl (C=O) groups is 2. The molecule has 0 amide bonds. The van der Waals surface area contributed by atoms with Crippen molar-refractivity contribution in [1.29, 1.82) is 0 Å². The highest BCUT2D eigenvalue weighted by molar-refractivity contribution is 5.77. The van der Waals surface area contributed by atoms with Crippen LogP contribution in [0.3, 0.4) is 0 Å². The van der Waals surface area contributed by atoms with Crippen LogP contribution in [0.1, 0.15) is 19.4 Å². The van der Waals surface area contributed by atoms with Crippen molar-refractivity contribution in [2.24, 2.45) is 0 Å². The standard InChI is InChI=1S/C12H14O4/c1-3-10-5-4-6-11(7-10)16-12(14)8-15-9(2)13/h4-7H,3,8H2,1-2H3. The summed E-state index contributed by atoms with van der Waals surface area (Å²) in [5.41, 5.74) is 1.08. The molecular formula is C12H14O4. The van der Waals surface area contributed by atoms with Gasteiger partial charge in [-0.15, -0.1) is 0 Å². The van der Waals surface area contributed by atoms with E-state index >= 15 is 0 Å². The molecule has 4 nitrogen and oxygen atoms in total. The summed E-state index contributed by atoms with van der Waals surface area (Å²) >= 11 is 0. The van der Waals surface area contributed by atoms with Crippen LogP contribution in [-0.2, 0) is 20.7 Å². The molecule has 0 N–H and O–H groups in total. The number of carbonyl (C=O) groups excluding carboxylic acids is 2. The Morgan fingerprint density at radius 3 is 2.69 bits per heavy atom. The van der Waals surface area contributed by atoms with E-state index in [0.29, 0.717) is 5.75 Å². The third-order valence-electron chi connectivity index (χ3n) is 1.93. The normalized spacial score (nSPS) is 9.62. The highest BCUT2D eigenvalue weighted by atomic mass is 16.6. The second-order valence-electron chi connectivity index (χ2n) is 3.26. The summed E-state index contributed by atoms with van der Waals surface area (Å²) < 4.78 is 9.51. The molecule has 0 unspecified atom stereocenters. The summed E-state index contributed by atoms with van der Waals surface area (Å²) in [5, 5.41) is 0. The topological polar surface area (TPSA) is 52.6 Å². The number of hydrogen-bond acceptors (Lipinski definition) is 4. The van der Waals surface area contributed by atoms with Gasteiger partial charge in [-0.1, -0.05) is 19.1 Å². The number of benzene rings is 1. The zero-order valence-corrected chi connectivity index (χ0v) is 9.36. The Hall–Kier alpha value is -1.84. The highest BCUT2D eigenvalue weighted by Gasteiger charge is 2.06. The lowest BCUT2D eigenvalue weighted by Gasteiger charge is -2.05. The van der Waals surface area contributed by atoms with Crippen molar-refractivity contribution in [2.75, 3.05) is 6.61 Å². The molecule has 0 bridgehead atoms. The molecule has 0 aliphatic heterocycles. The Morgan fingerprint density at radius 1 is 1.31 bits per heavy atom. The average Bonchev–Trinajstić information content (AvgIpc) is 2.26. The van der Waals surface area contributed by atoms with E-state index in [-0.39, 0.29) is 6.61 Å². The molecule has 0 spiro atoms. The predicted octanol–water partition coefficient (Wildman–Crippen LogP) is 1.72. The van der Waals surface area contributed by atoms with Crippen LogP contribution in [0.2, 0.25) is 0 Å². The molecule has 0 fully saturated rings. The lowest BCUT2D eigenvalue weighted by atomic mass is 10.2. The van der Waals surface area contributed by atoms with Crippen molar-refractivity contribution in [3.8, 4) is 5.75 Å². The van der Waals surface area contributed by atoms with Gasteiger partial charge in [-0.3, -0.25) is 4.79 Å². The molecule has 0 heterocycles. The highest BCUT2D eigenvalue weighted by Crippen LogP contribution is 2.13. The van der Waals surface area contributed by atoms with Crippen molar-refractivity contribution in [1.82, 2.24) is 0 Å². The van der Waals surface area contributed by atoms with Gasteiger partial charge in [0.1, 0.15) is 5.75 Å². The molecule has 0 aliphatic carbocycles. The molecule has 0 aliphatic rings. The Kier molecular flexibility index (Phi) is 4.51. The minimum Gasteiger partial charge on any atom is -0.454 e. The fourth-order valence-corrected chi connectivity index (χ4v) is 1.15. The molecule has 0 aromatic heterocycles. The number of rotatable bonds is 4. The number of hydrogen-bond donors (Lipinski definition) is 0. The zero-order chi connectivity index (χ0) is 12.0. The van der Waals surface area contributed by atoms with E-state index in [9.17, 15) is 9.59 Å². The smallest absolute Gasteiger partial charge is 0.349 e. The Morgan fingerprint density at radius 2 is 2.06 bits per heavy atom. The first-order valence-corrected chi connectivity index (χ1v) is 5.04. The van der Waals surface area contributed by atoms with Crippen molar-refractivity contribution >= 4 is 11.9 Å². The monoisotopic (exact) mass is 222 g/mol. The third kappa shape index (κ3) is 4.13. The van der Waals surface area contributed by atoms with Crippen LogP contribution in [0.25, 0.3) is 0 Å². The van der Waals surface area contributed by atoms with Gasteiger partial charge in [-0.2, -0.15) is 0 Å². The second kappa shape index (κ2) is 5.90. The molecule has 0 saturated heterocycles. The average molecular weight is 222 g/mol. The van der Waals surface area contributed by atoms with Gasteiger partial charge in [-0.05, 0) is 24.1 Å². The van der Waals surface area contributed by atoms with Gasteiger partial charge in [0, 0.05) is 6.92 Å². The molecule has 86 valence electrons. The summed E-state index contributed by atoms with van der Waals surface area (Å²) in [5.74, 6) is -0.612. The second-order valence-corrected chi connectivity index (χ2v) is 3.26. The number of ether oxygens (including phenoxy) is 2. The van der Waals surface area contributed by atoms with E-state index < -0.39 is 11.9 Å². The van der Waals surface area contributed by atoms with E-state index in [1.807, 2.05) is 19.1 Å². The Balaban J connectivity index is 2.52. The SMILES string of the molecule is CCc1cccc(OC(=O)COC(C)=O)c1. The van der Waals surface area contributed by atoms with Crippen molar-refractivity contribution in [3.63, 3.8) is 0 Å². The van der Waals surface area contributed by atoms with Crippen molar-refractivity contribution in [2.45, 2.75) is 20.3 Å². The molecule has 1 rings (SSSR count). The maximum absolute atomic E-state index is 11.2. The van der Waals surface area contributed by atoms with Crippen LogP contribution in [0.5, 0.6) is 5.75 Å². The third-order valence-corrected chi connectivity index (χ3v) is 1.93. The first kappa shape index (κ1) is 12.2. The van der Waals surface area contributed by atoms with Gasteiger partial charge in [0.05, 0.1) is 0 Å². The van der Waals surface area contributed by atoms with E-state index in [4.69, 9.17) is 4.74 Å². The van der Waals surface area contributed by atoms with Gasteiger partial charge in [-0.25, -0.2) is 4.79 Å². The summed E-state index contributed by atoms with van der Waals surface area (Å²) in [6, 6.07) is 7.23. The molecule has 0 saturated carbocycles. The Bertz CT molecular complexity index is 384. The quantitative estimate of drug-likeness (QED) is 0.575. The fourth-order valence-electron chi connectivity index (χ4n) is 1.15. The molecule has 0 radical (unpaired) electrons. The van der Waals surface area contributed by atoms with Crippen molar-refractivity contribution in [3.05, 3.63) is 29.8 Å². The molecule has 1 aromatic carbocycles. The summed E-state index contributed by atoms with van der Waals surface area (Å²) in [4.78, 5) is 21.7. The Labute approximate surface area is 94.2 Å². The summed E-state index contributed by atoms with van der Waals surface area (Å²) in [7, 11) is 0. The van der Waals surface area contributed by atoms with E-state index in [2.05, 4.69) is 4.74 Å². The van der Waals surface area contributed by atoms with E-state index in [0.717, 1.165) is 12.0 Å². The minimum absolute atomic E-state index is 0.355. The van der Waals surface area contributed by atoms with Crippen molar-refractivity contribution < 1.29 is 19.1 Å². The minimum atomic E-state index is -0.580. The van der Waals surface area contributed by atoms with Gasteiger partial charge in [0.2, 0.25) is 0 Å². The van der Waals surface area contributed by atoms with Crippen LogP contribution in [0.4, 0.5) is 0 Å². The molecular weight excluding hydrogens is 208 g/mol.